The summed E-state index contributed by atoms with van der Waals surface area (Å²) in [5.74, 6) is 0.570. The molecule has 0 aliphatic carbocycles. The van der Waals surface area contributed by atoms with Crippen molar-refractivity contribution in [2.75, 3.05) is 37.1 Å². The molecular formula is C14H22ClNO. The number of benzene rings is 1. The van der Waals surface area contributed by atoms with Crippen molar-refractivity contribution in [2.45, 2.75) is 19.8 Å². The van der Waals surface area contributed by atoms with Crippen LogP contribution in [0.2, 0.25) is 0 Å². The van der Waals surface area contributed by atoms with E-state index in [1.54, 1.807) is 0 Å². The first-order chi connectivity index (χ1) is 8.38. The van der Waals surface area contributed by atoms with E-state index in [1.807, 2.05) is 6.07 Å². The molecule has 0 spiro atoms. The van der Waals surface area contributed by atoms with Crippen LogP contribution in [0.25, 0.3) is 0 Å². The van der Waals surface area contributed by atoms with Crippen molar-refractivity contribution in [3.05, 3.63) is 30.3 Å². The Balaban J connectivity index is 2.43. The summed E-state index contributed by atoms with van der Waals surface area (Å²) in [6.45, 7) is 5.61. The fourth-order valence-corrected chi connectivity index (χ4v) is 1.80. The average Bonchev–Trinajstić information content (AvgIpc) is 2.39. The van der Waals surface area contributed by atoms with Crippen molar-refractivity contribution in [3.8, 4) is 0 Å². The summed E-state index contributed by atoms with van der Waals surface area (Å²) in [6.07, 6.45) is 2.43. The SMILES string of the molecule is CCCCN(CCOCCCl)c1ccccc1. The molecule has 0 N–H and O–H groups in total. The standard InChI is InChI=1S/C14H22ClNO/c1-2-3-10-16(11-13-17-12-9-15)14-7-5-4-6-8-14/h4-8H,2-3,9-13H2,1H3. The highest BCUT2D eigenvalue weighted by atomic mass is 35.5. The van der Waals surface area contributed by atoms with Crippen LogP contribution in [-0.4, -0.2) is 32.2 Å². The van der Waals surface area contributed by atoms with Crippen LogP contribution < -0.4 is 4.90 Å². The maximum atomic E-state index is 5.58. The molecule has 0 aromatic heterocycles. The van der Waals surface area contributed by atoms with Gasteiger partial charge < -0.3 is 9.64 Å². The molecule has 1 aromatic rings. The number of anilines is 1. The molecule has 3 heteroatoms. The molecule has 0 heterocycles. The zero-order valence-electron chi connectivity index (χ0n) is 10.6. The van der Waals surface area contributed by atoms with Gasteiger partial charge in [-0.2, -0.15) is 0 Å². The lowest BCUT2D eigenvalue weighted by molar-refractivity contribution is 0.155. The lowest BCUT2D eigenvalue weighted by Crippen LogP contribution is -2.28. The molecule has 1 rings (SSSR count). The number of halogens is 1. The second-order valence-corrected chi connectivity index (χ2v) is 4.36. The topological polar surface area (TPSA) is 12.5 Å². The van der Waals surface area contributed by atoms with Crippen molar-refractivity contribution in [1.29, 1.82) is 0 Å². The van der Waals surface area contributed by atoms with E-state index in [2.05, 4.69) is 36.1 Å². The van der Waals surface area contributed by atoms with Crippen molar-refractivity contribution in [1.82, 2.24) is 0 Å². The van der Waals surface area contributed by atoms with Crippen LogP contribution in [0, 0.1) is 0 Å². The number of unbranched alkanes of at least 4 members (excludes halogenated alkanes) is 1. The lowest BCUT2D eigenvalue weighted by Gasteiger charge is -2.24. The van der Waals surface area contributed by atoms with E-state index in [-0.39, 0.29) is 0 Å². The molecule has 17 heavy (non-hydrogen) atoms. The van der Waals surface area contributed by atoms with Gasteiger partial charge in [0.25, 0.3) is 0 Å². The van der Waals surface area contributed by atoms with Gasteiger partial charge in [0.1, 0.15) is 0 Å². The van der Waals surface area contributed by atoms with E-state index < -0.39 is 0 Å². The van der Waals surface area contributed by atoms with Gasteiger partial charge in [-0.3, -0.25) is 0 Å². The summed E-state index contributed by atoms with van der Waals surface area (Å²) >= 11 is 5.58. The first-order valence-corrected chi connectivity index (χ1v) is 6.85. The maximum absolute atomic E-state index is 5.58. The Bertz CT molecular complexity index is 279. The van der Waals surface area contributed by atoms with E-state index in [0.29, 0.717) is 12.5 Å². The number of rotatable bonds is 9. The van der Waals surface area contributed by atoms with E-state index in [1.165, 1.54) is 18.5 Å². The normalized spacial score (nSPS) is 10.5. The van der Waals surface area contributed by atoms with Crippen molar-refractivity contribution < 1.29 is 4.74 Å². The second-order valence-electron chi connectivity index (χ2n) is 3.98. The molecule has 96 valence electrons. The van der Waals surface area contributed by atoms with Crippen molar-refractivity contribution in [2.24, 2.45) is 0 Å². The van der Waals surface area contributed by atoms with Gasteiger partial charge in [-0.05, 0) is 18.6 Å². The third kappa shape index (κ3) is 5.94. The number of hydrogen-bond donors (Lipinski definition) is 0. The van der Waals surface area contributed by atoms with Crippen LogP contribution in [0.4, 0.5) is 5.69 Å². The van der Waals surface area contributed by atoms with Gasteiger partial charge in [-0.15, -0.1) is 11.6 Å². The van der Waals surface area contributed by atoms with Crippen LogP contribution in [0.3, 0.4) is 0 Å². The maximum Gasteiger partial charge on any atom is 0.0642 e. The summed E-state index contributed by atoms with van der Waals surface area (Å²) < 4.78 is 5.44. The van der Waals surface area contributed by atoms with Gasteiger partial charge in [0.15, 0.2) is 0 Å². The van der Waals surface area contributed by atoms with Gasteiger partial charge >= 0.3 is 0 Å². The van der Waals surface area contributed by atoms with Crippen LogP contribution in [0.1, 0.15) is 19.8 Å². The van der Waals surface area contributed by atoms with E-state index in [9.17, 15) is 0 Å². The third-order valence-corrected chi connectivity index (χ3v) is 2.78. The molecule has 0 bridgehead atoms. The Morgan fingerprint density at radius 2 is 1.88 bits per heavy atom. The minimum atomic E-state index is 0.570. The molecule has 0 saturated heterocycles. The average molecular weight is 256 g/mol. The minimum absolute atomic E-state index is 0.570. The monoisotopic (exact) mass is 255 g/mol. The molecule has 0 amide bonds. The van der Waals surface area contributed by atoms with Crippen LogP contribution in [0.5, 0.6) is 0 Å². The summed E-state index contributed by atoms with van der Waals surface area (Å²) in [6, 6.07) is 10.5. The molecule has 0 unspecified atom stereocenters. The number of alkyl halides is 1. The smallest absolute Gasteiger partial charge is 0.0642 e. The van der Waals surface area contributed by atoms with E-state index in [4.69, 9.17) is 16.3 Å². The Labute approximate surface area is 110 Å². The summed E-state index contributed by atoms with van der Waals surface area (Å²) in [5.41, 5.74) is 1.27. The third-order valence-electron chi connectivity index (χ3n) is 2.63. The fraction of sp³-hybridized carbons (Fsp3) is 0.571. The predicted octanol–water partition coefficient (Wildman–Crippen LogP) is 3.55. The highest BCUT2D eigenvalue weighted by Gasteiger charge is 2.04. The molecule has 0 fully saturated rings. The van der Waals surface area contributed by atoms with E-state index >= 15 is 0 Å². The zero-order valence-corrected chi connectivity index (χ0v) is 11.3. The number of para-hydroxylation sites is 1. The van der Waals surface area contributed by atoms with E-state index in [0.717, 1.165) is 19.7 Å². The molecule has 0 saturated carbocycles. The van der Waals surface area contributed by atoms with Crippen LogP contribution >= 0.6 is 11.6 Å². The predicted molar refractivity (Wildman–Crippen MR) is 75.1 cm³/mol. The fourth-order valence-electron chi connectivity index (χ4n) is 1.69. The molecular weight excluding hydrogens is 234 g/mol. The Hall–Kier alpha value is -0.730. The summed E-state index contributed by atoms with van der Waals surface area (Å²) in [7, 11) is 0. The van der Waals surface area contributed by atoms with Gasteiger partial charge in [0, 0.05) is 24.7 Å². The largest absolute Gasteiger partial charge is 0.378 e. The van der Waals surface area contributed by atoms with Crippen molar-refractivity contribution in [3.63, 3.8) is 0 Å². The van der Waals surface area contributed by atoms with Crippen LogP contribution in [0.15, 0.2) is 30.3 Å². The molecule has 0 atom stereocenters. The van der Waals surface area contributed by atoms with Gasteiger partial charge in [0.05, 0.1) is 13.2 Å². The molecule has 2 nitrogen and oxygen atoms in total. The number of hydrogen-bond acceptors (Lipinski definition) is 2. The first-order valence-electron chi connectivity index (χ1n) is 6.32. The Morgan fingerprint density at radius 3 is 2.53 bits per heavy atom. The minimum Gasteiger partial charge on any atom is -0.378 e. The van der Waals surface area contributed by atoms with Gasteiger partial charge in [-0.25, -0.2) is 0 Å². The lowest BCUT2D eigenvalue weighted by atomic mass is 10.2. The quantitative estimate of drug-likeness (QED) is 0.494. The molecule has 0 aliphatic heterocycles. The first kappa shape index (κ1) is 14.3. The molecule has 0 radical (unpaired) electrons. The van der Waals surface area contributed by atoms with Gasteiger partial charge in [0.2, 0.25) is 0 Å². The van der Waals surface area contributed by atoms with Gasteiger partial charge in [-0.1, -0.05) is 31.5 Å². The highest BCUT2D eigenvalue weighted by Crippen LogP contribution is 2.13. The second kappa shape index (κ2) is 9.32. The molecule has 1 aromatic carbocycles. The Morgan fingerprint density at radius 1 is 1.12 bits per heavy atom. The summed E-state index contributed by atoms with van der Waals surface area (Å²) in [5, 5.41) is 0. The molecule has 0 aliphatic rings. The highest BCUT2D eigenvalue weighted by molar-refractivity contribution is 6.17. The zero-order chi connectivity index (χ0) is 12.3. The number of nitrogens with zero attached hydrogens (tertiary/aromatic N) is 1. The summed E-state index contributed by atoms with van der Waals surface area (Å²) in [4.78, 5) is 2.37. The van der Waals surface area contributed by atoms with Crippen molar-refractivity contribution >= 4 is 17.3 Å². The number of ether oxygens (including phenoxy) is 1. The Kier molecular flexibility index (Phi) is 7.85. The van der Waals surface area contributed by atoms with Crippen LogP contribution in [-0.2, 0) is 4.74 Å².